The van der Waals surface area contributed by atoms with Crippen LogP contribution in [0.1, 0.15) is 31.1 Å². The van der Waals surface area contributed by atoms with Gasteiger partial charge in [0.15, 0.2) is 6.29 Å². The van der Waals surface area contributed by atoms with Gasteiger partial charge in [0, 0.05) is 23.7 Å². The fourth-order valence-corrected chi connectivity index (χ4v) is 2.43. The first-order chi connectivity index (χ1) is 9.72. The molecule has 1 saturated heterocycles. The SMILES string of the molecule is NC(CC(=O)Nc1cccc(C2OCCO2)c1)C1CC1. The standard InChI is InChI=1S/C15H20N2O3/c16-13(10-4-5-10)9-14(18)17-12-3-1-2-11(8-12)15-19-6-7-20-15/h1-3,8,10,13,15H,4-7,9,16H2,(H,17,18). The van der Waals surface area contributed by atoms with E-state index in [0.29, 0.717) is 25.6 Å². The minimum Gasteiger partial charge on any atom is -0.346 e. The average Bonchev–Trinajstić information content (AvgIpc) is 3.14. The number of benzene rings is 1. The molecule has 1 aromatic carbocycles. The molecule has 3 rings (SSSR count). The number of hydrogen-bond donors (Lipinski definition) is 2. The summed E-state index contributed by atoms with van der Waals surface area (Å²) in [5, 5.41) is 2.89. The second-order valence-electron chi connectivity index (χ2n) is 5.45. The number of hydrogen-bond acceptors (Lipinski definition) is 4. The second-order valence-corrected chi connectivity index (χ2v) is 5.45. The summed E-state index contributed by atoms with van der Waals surface area (Å²) >= 11 is 0. The van der Waals surface area contributed by atoms with Crippen LogP contribution in [0.25, 0.3) is 0 Å². The van der Waals surface area contributed by atoms with E-state index in [-0.39, 0.29) is 18.2 Å². The number of amides is 1. The zero-order valence-electron chi connectivity index (χ0n) is 11.4. The zero-order valence-corrected chi connectivity index (χ0v) is 11.4. The van der Waals surface area contributed by atoms with E-state index in [2.05, 4.69) is 5.32 Å². The Balaban J connectivity index is 1.58. The van der Waals surface area contributed by atoms with Crippen molar-refractivity contribution in [2.75, 3.05) is 18.5 Å². The van der Waals surface area contributed by atoms with Crippen molar-refractivity contribution in [3.8, 4) is 0 Å². The van der Waals surface area contributed by atoms with Gasteiger partial charge in [0.2, 0.25) is 5.91 Å². The first-order valence-electron chi connectivity index (χ1n) is 7.11. The van der Waals surface area contributed by atoms with Crippen LogP contribution in [0.3, 0.4) is 0 Å². The van der Waals surface area contributed by atoms with Gasteiger partial charge in [-0.1, -0.05) is 12.1 Å². The van der Waals surface area contributed by atoms with Crippen LogP contribution in [0.5, 0.6) is 0 Å². The Labute approximate surface area is 118 Å². The van der Waals surface area contributed by atoms with Crippen LogP contribution >= 0.6 is 0 Å². The largest absolute Gasteiger partial charge is 0.346 e. The first-order valence-corrected chi connectivity index (χ1v) is 7.11. The van der Waals surface area contributed by atoms with E-state index < -0.39 is 0 Å². The normalized spacial score (nSPS) is 20.9. The fourth-order valence-electron chi connectivity index (χ4n) is 2.43. The lowest BCUT2D eigenvalue weighted by Crippen LogP contribution is -2.28. The third-order valence-corrected chi connectivity index (χ3v) is 3.71. The maximum Gasteiger partial charge on any atom is 0.225 e. The monoisotopic (exact) mass is 276 g/mol. The van der Waals surface area contributed by atoms with E-state index in [1.54, 1.807) is 0 Å². The molecular formula is C15H20N2O3. The van der Waals surface area contributed by atoms with Crippen molar-refractivity contribution in [3.63, 3.8) is 0 Å². The summed E-state index contributed by atoms with van der Waals surface area (Å²) < 4.78 is 10.9. The lowest BCUT2D eigenvalue weighted by Gasteiger charge is -2.13. The highest BCUT2D eigenvalue weighted by Gasteiger charge is 2.29. The van der Waals surface area contributed by atoms with Gasteiger partial charge in [0.25, 0.3) is 0 Å². The fraction of sp³-hybridized carbons (Fsp3) is 0.533. The van der Waals surface area contributed by atoms with Crippen molar-refractivity contribution in [1.29, 1.82) is 0 Å². The maximum atomic E-state index is 11.9. The molecule has 1 heterocycles. The van der Waals surface area contributed by atoms with Crippen molar-refractivity contribution < 1.29 is 14.3 Å². The van der Waals surface area contributed by atoms with Crippen LogP contribution < -0.4 is 11.1 Å². The second kappa shape index (κ2) is 5.91. The molecule has 2 aliphatic rings. The van der Waals surface area contributed by atoms with Crippen LogP contribution in [0.4, 0.5) is 5.69 Å². The predicted octanol–water partition coefficient (Wildman–Crippen LogP) is 1.80. The van der Waals surface area contributed by atoms with Crippen LogP contribution in [0, 0.1) is 5.92 Å². The summed E-state index contributed by atoms with van der Waals surface area (Å²) in [6, 6.07) is 7.55. The molecule has 20 heavy (non-hydrogen) atoms. The highest BCUT2D eigenvalue weighted by molar-refractivity contribution is 5.91. The third kappa shape index (κ3) is 3.36. The van der Waals surface area contributed by atoms with Gasteiger partial charge < -0.3 is 20.5 Å². The van der Waals surface area contributed by atoms with Gasteiger partial charge >= 0.3 is 0 Å². The van der Waals surface area contributed by atoms with E-state index in [4.69, 9.17) is 15.2 Å². The Hall–Kier alpha value is -1.43. The summed E-state index contributed by atoms with van der Waals surface area (Å²) in [7, 11) is 0. The molecule has 1 amide bonds. The first kappa shape index (κ1) is 13.5. The quantitative estimate of drug-likeness (QED) is 0.860. The molecule has 3 N–H and O–H groups in total. The van der Waals surface area contributed by atoms with Gasteiger partial charge in [-0.15, -0.1) is 0 Å². The highest BCUT2D eigenvalue weighted by Crippen LogP contribution is 2.33. The number of carbonyl (C=O) groups is 1. The lowest BCUT2D eigenvalue weighted by atomic mass is 10.1. The molecule has 0 radical (unpaired) electrons. The number of nitrogens with one attached hydrogen (secondary N) is 1. The van der Waals surface area contributed by atoms with Crippen molar-refractivity contribution in [2.45, 2.75) is 31.6 Å². The van der Waals surface area contributed by atoms with Gasteiger partial charge in [-0.2, -0.15) is 0 Å². The van der Waals surface area contributed by atoms with Gasteiger partial charge in [0.05, 0.1) is 13.2 Å². The van der Waals surface area contributed by atoms with Crippen LogP contribution in [-0.2, 0) is 14.3 Å². The molecular weight excluding hydrogens is 256 g/mol. The number of carbonyl (C=O) groups excluding carboxylic acids is 1. The minimum atomic E-state index is -0.319. The molecule has 1 saturated carbocycles. The highest BCUT2D eigenvalue weighted by atomic mass is 16.7. The average molecular weight is 276 g/mol. The van der Waals surface area contributed by atoms with Gasteiger partial charge in [0.1, 0.15) is 0 Å². The molecule has 0 aromatic heterocycles. The molecule has 5 heteroatoms. The smallest absolute Gasteiger partial charge is 0.225 e. The molecule has 5 nitrogen and oxygen atoms in total. The Morgan fingerprint density at radius 3 is 2.80 bits per heavy atom. The Bertz CT molecular complexity index is 482. The number of ether oxygens (including phenoxy) is 2. The van der Waals surface area contributed by atoms with Crippen LogP contribution in [0.15, 0.2) is 24.3 Å². The Morgan fingerprint density at radius 2 is 2.10 bits per heavy atom. The molecule has 1 unspecified atom stereocenters. The Kier molecular flexibility index (Phi) is 4.00. The summed E-state index contributed by atoms with van der Waals surface area (Å²) in [6.07, 6.45) is 2.37. The molecule has 1 atom stereocenters. The molecule has 2 fully saturated rings. The summed E-state index contributed by atoms with van der Waals surface area (Å²) in [4.78, 5) is 11.9. The van der Waals surface area contributed by atoms with E-state index in [0.717, 1.165) is 24.1 Å². The Morgan fingerprint density at radius 1 is 1.35 bits per heavy atom. The van der Waals surface area contributed by atoms with Crippen molar-refractivity contribution >= 4 is 11.6 Å². The van der Waals surface area contributed by atoms with Gasteiger partial charge in [-0.05, 0) is 30.9 Å². The zero-order chi connectivity index (χ0) is 13.9. The maximum absolute atomic E-state index is 11.9. The van der Waals surface area contributed by atoms with Crippen molar-refractivity contribution in [2.24, 2.45) is 11.7 Å². The van der Waals surface area contributed by atoms with Gasteiger partial charge in [-0.3, -0.25) is 4.79 Å². The molecule has 1 aromatic rings. The van der Waals surface area contributed by atoms with Crippen molar-refractivity contribution in [3.05, 3.63) is 29.8 Å². The lowest BCUT2D eigenvalue weighted by molar-refractivity contribution is -0.116. The molecule has 0 spiro atoms. The molecule has 0 bridgehead atoms. The summed E-state index contributed by atoms with van der Waals surface area (Å²) in [6.45, 7) is 1.22. The number of anilines is 1. The molecule has 1 aliphatic heterocycles. The third-order valence-electron chi connectivity index (χ3n) is 3.71. The van der Waals surface area contributed by atoms with Gasteiger partial charge in [-0.25, -0.2) is 0 Å². The molecule has 1 aliphatic carbocycles. The van der Waals surface area contributed by atoms with Crippen LogP contribution in [-0.4, -0.2) is 25.2 Å². The van der Waals surface area contributed by atoms with E-state index >= 15 is 0 Å². The number of nitrogens with two attached hydrogens (primary N) is 1. The summed E-state index contributed by atoms with van der Waals surface area (Å²) in [5.41, 5.74) is 7.64. The van der Waals surface area contributed by atoms with E-state index in [1.165, 1.54) is 0 Å². The predicted molar refractivity (Wildman–Crippen MR) is 75.0 cm³/mol. The summed E-state index contributed by atoms with van der Waals surface area (Å²) in [5.74, 6) is 0.502. The van der Waals surface area contributed by atoms with E-state index in [9.17, 15) is 4.79 Å². The van der Waals surface area contributed by atoms with Crippen LogP contribution in [0.2, 0.25) is 0 Å². The minimum absolute atomic E-state index is 0.0142. The van der Waals surface area contributed by atoms with E-state index in [1.807, 2.05) is 24.3 Å². The van der Waals surface area contributed by atoms with Crippen molar-refractivity contribution in [1.82, 2.24) is 0 Å². The topological polar surface area (TPSA) is 73.6 Å². The number of rotatable bonds is 5. The molecule has 108 valence electrons.